The fourth-order valence-corrected chi connectivity index (χ4v) is 4.60. The van der Waals surface area contributed by atoms with Crippen LogP contribution in [0.25, 0.3) is 0 Å². The highest BCUT2D eigenvalue weighted by atomic mass is 16.5. The van der Waals surface area contributed by atoms with Crippen molar-refractivity contribution in [1.82, 2.24) is 4.90 Å². The van der Waals surface area contributed by atoms with Gasteiger partial charge in [0.05, 0.1) is 6.04 Å². The van der Waals surface area contributed by atoms with Gasteiger partial charge in [0.2, 0.25) is 5.91 Å². The Morgan fingerprint density at radius 1 is 1.21 bits per heavy atom. The maximum atomic E-state index is 12.4. The van der Waals surface area contributed by atoms with Crippen molar-refractivity contribution in [2.45, 2.75) is 76.0 Å². The smallest absolute Gasteiger partial charge is 0.223 e. The van der Waals surface area contributed by atoms with Gasteiger partial charge >= 0.3 is 0 Å². The number of amides is 1. The first kappa shape index (κ1) is 15.9. The van der Waals surface area contributed by atoms with Gasteiger partial charge in [0, 0.05) is 18.5 Å². The molecule has 1 amide bonds. The monoisotopic (exact) mass is 329 g/mol. The Labute approximate surface area is 143 Å². The molecule has 2 fully saturated rings. The highest BCUT2D eigenvalue weighted by Crippen LogP contribution is 2.46. The molecule has 24 heavy (non-hydrogen) atoms. The molecule has 0 radical (unpaired) electrons. The minimum atomic E-state index is -0.717. The van der Waals surface area contributed by atoms with Crippen LogP contribution in [0.15, 0.2) is 18.2 Å². The Hall–Kier alpha value is -1.55. The van der Waals surface area contributed by atoms with E-state index in [2.05, 4.69) is 12.1 Å². The summed E-state index contributed by atoms with van der Waals surface area (Å²) in [5.74, 6) is 1.57. The number of likely N-dealkylation sites (tertiary alicyclic amines) is 1. The van der Waals surface area contributed by atoms with Crippen molar-refractivity contribution >= 4 is 5.91 Å². The number of hydrogen-bond donors (Lipinski definition) is 1. The molecule has 4 rings (SSSR count). The molecule has 1 N–H and O–H groups in total. The van der Waals surface area contributed by atoms with Crippen LogP contribution in [0.5, 0.6) is 5.75 Å². The second-order valence-corrected chi connectivity index (χ2v) is 8.06. The lowest BCUT2D eigenvalue weighted by Crippen LogP contribution is -2.53. The lowest BCUT2D eigenvalue weighted by atomic mass is 9.83. The molecule has 2 aliphatic heterocycles. The molecule has 2 heterocycles. The third kappa shape index (κ3) is 2.52. The molecule has 1 saturated heterocycles. The minimum Gasteiger partial charge on any atom is -0.485 e. The number of benzene rings is 1. The molecule has 0 aromatic heterocycles. The molecule has 4 heteroatoms. The Morgan fingerprint density at radius 2 is 1.96 bits per heavy atom. The van der Waals surface area contributed by atoms with E-state index in [4.69, 9.17) is 4.74 Å². The predicted molar refractivity (Wildman–Crippen MR) is 92.1 cm³/mol. The zero-order valence-electron chi connectivity index (χ0n) is 14.6. The third-order valence-electron chi connectivity index (χ3n) is 6.01. The number of rotatable bonds is 2. The molecule has 0 unspecified atom stereocenters. The standard InChI is InChI=1S/C20H27NO3/c1-20(2)19(23)18(21-11-5-8-17(21)22)15-12-14(9-10-16(15)24-20)13-6-3-4-7-13/h9-10,12-13,18-19,23H,3-8,11H2,1-2H3/t18-,19+/m1/s1. The van der Waals surface area contributed by atoms with Crippen LogP contribution in [0.4, 0.5) is 0 Å². The summed E-state index contributed by atoms with van der Waals surface area (Å²) in [6, 6.07) is 6.12. The number of ether oxygens (including phenoxy) is 1. The first-order chi connectivity index (χ1) is 11.5. The van der Waals surface area contributed by atoms with E-state index in [0.29, 0.717) is 12.3 Å². The molecule has 1 saturated carbocycles. The van der Waals surface area contributed by atoms with Crippen molar-refractivity contribution in [3.8, 4) is 5.75 Å². The van der Waals surface area contributed by atoms with Crippen LogP contribution in [0.3, 0.4) is 0 Å². The van der Waals surface area contributed by atoms with Crippen molar-refractivity contribution < 1.29 is 14.6 Å². The topological polar surface area (TPSA) is 49.8 Å². The van der Waals surface area contributed by atoms with Gasteiger partial charge < -0.3 is 14.7 Å². The molecule has 130 valence electrons. The lowest BCUT2D eigenvalue weighted by molar-refractivity contribution is -0.139. The molecule has 1 aliphatic carbocycles. The SMILES string of the molecule is CC1(C)Oc2ccc(C3CCCC3)cc2[C@@H](N2CCCC2=O)[C@@H]1O. The maximum Gasteiger partial charge on any atom is 0.223 e. The quantitative estimate of drug-likeness (QED) is 0.903. The average Bonchev–Trinajstić information content (AvgIpc) is 3.20. The summed E-state index contributed by atoms with van der Waals surface area (Å²) in [6.07, 6.45) is 5.81. The normalized spacial score (nSPS) is 29.6. The van der Waals surface area contributed by atoms with Crippen molar-refractivity contribution in [3.63, 3.8) is 0 Å². The summed E-state index contributed by atoms with van der Waals surface area (Å²) in [6.45, 7) is 4.53. The first-order valence-corrected chi connectivity index (χ1v) is 9.28. The van der Waals surface area contributed by atoms with E-state index >= 15 is 0 Å². The van der Waals surface area contributed by atoms with Crippen LogP contribution in [0.2, 0.25) is 0 Å². The summed E-state index contributed by atoms with van der Waals surface area (Å²) < 4.78 is 6.09. The van der Waals surface area contributed by atoms with E-state index in [9.17, 15) is 9.90 Å². The van der Waals surface area contributed by atoms with Crippen LogP contribution < -0.4 is 4.74 Å². The first-order valence-electron chi connectivity index (χ1n) is 9.28. The Balaban J connectivity index is 1.77. The van der Waals surface area contributed by atoms with Crippen LogP contribution in [-0.4, -0.2) is 34.2 Å². The molecule has 0 spiro atoms. The zero-order chi connectivity index (χ0) is 16.9. The van der Waals surface area contributed by atoms with E-state index in [-0.39, 0.29) is 11.9 Å². The molecule has 3 aliphatic rings. The number of aliphatic hydroxyl groups excluding tert-OH is 1. The van der Waals surface area contributed by atoms with Crippen molar-refractivity contribution in [3.05, 3.63) is 29.3 Å². The van der Waals surface area contributed by atoms with Crippen molar-refractivity contribution in [1.29, 1.82) is 0 Å². The van der Waals surface area contributed by atoms with Crippen LogP contribution >= 0.6 is 0 Å². The second-order valence-electron chi connectivity index (χ2n) is 8.06. The largest absolute Gasteiger partial charge is 0.485 e. The number of nitrogens with zero attached hydrogens (tertiary/aromatic N) is 1. The number of carbonyl (C=O) groups excluding carboxylic acids is 1. The van der Waals surface area contributed by atoms with E-state index in [1.807, 2.05) is 24.8 Å². The number of hydrogen-bond acceptors (Lipinski definition) is 3. The summed E-state index contributed by atoms with van der Waals surface area (Å²) in [5.41, 5.74) is 1.62. The Kier molecular flexibility index (Phi) is 3.83. The third-order valence-corrected chi connectivity index (χ3v) is 6.01. The average molecular weight is 329 g/mol. The summed E-state index contributed by atoms with van der Waals surface area (Å²) in [5, 5.41) is 11.0. The van der Waals surface area contributed by atoms with Gasteiger partial charge in [-0.2, -0.15) is 0 Å². The van der Waals surface area contributed by atoms with Gasteiger partial charge in [-0.1, -0.05) is 18.9 Å². The molecule has 2 atom stereocenters. The molecular weight excluding hydrogens is 302 g/mol. The van der Waals surface area contributed by atoms with E-state index in [1.165, 1.54) is 31.2 Å². The number of carbonyl (C=O) groups is 1. The van der Waals surface area contributed by atoms with Gasteiger partial charge in [-0.25, -0.2) is 0 Å². The van der Waals surface area contributed by atoms with E-state index < -0.39 is 11.7 Å². The minimum absolute atomic E-state index is 0.147. The highest BCUT2D eigenvalue weighted by molar-refractivity contribution is 5.79. The van der Waals surface area contributed by atoms with Gasteiger partial charge in [-0.05, 0) is 56.7 Å². The summed E-state index contributed by atoms with van der Waals surface area (Å²) in [4.78, 5) is 14.2. The molecule has 1 aromatic carbocycles. The summed E-state index contributed by atoms with van der Waals surface area (Å²) in [7, 11) is 0. The summed E-state index contributed by atoms with van der Waals surface area (Å²) >= 11 is 0. The van der Waals surface area contributed by atoms with Crippen molar-refractivity contribution in [2.24, 2.45) is 0 Å². The van der Waals surface area contributed by atoms with Gasteiger partial charge in [0.1, 0.15) is 17.5 Å². The van der Waals surface area contributed by atoms with Crippen LogP contribution in [-0.2, 0) is 4.79 Å². The predicted octanol–water partition coefficient (Wildman–Crippen LogP) is 3.54. The number of aliphatic hydroxyl groups is 1. The molecular formula is C20H27NO3. The highest BCUT2D eigenvalue weighted by Gasteiger charge is 2.47. The lowest BCUT2D eigenvalue weighted by Gasteiger charge is -2.45. The second kappa shape index (κ2) is 5.76. The fraction of sp³-hybridized carbons (Fsp3) is 0.650. The van der Waals surface area contributed by atoms with Crippen LogP contribution in [0.1, 0.15) is 75.5 Å². The van der Waals surface area contributed by atoms with Crippen molar-refractivity contribution in [2.75, 3.05) is 6.54 Å². The van der Waals surface area contributed by atoms with Gasteiger partial charge in [0.15, 0.2) is 0 Å². The molecule has 1 aromatic rings. The van der Waals surface area contributed by atoms with Gasteiger partial charge in [0.25, 0.3) is 0 Å². The zero-order valence-corrected chi connectivity index (χ0v) is 14.6. The van der Waals surface area contributed by atoms with Gasteiger partial charge in [-0.3, -0.25) is 4.79 Å². The Bertz CT molecular complexity index is 648. The molecule has 0 bridgehead atoms. The fourth-order valence-electron chi connectivity index (χ4n) is 4.60. The Morgan fingerprint density at radius 3 is 2.62 bits per heavy atom. The number of fused-ring (bicyclic) bond motifs is 1. The maximum absolute atomic E-state index is 12.4. The molecule has 4 nitrogen and oxygen atoms in total. The van der Waals surface area contributed by atoms with E-state index in [1.54, 1.807) is 0 Å². The van der Waals surface area contributed by atoms with Crippen LogP contribution in [0, 0.1) is 0 Å². The van der Waals surface area contributed by atoms with E-state index in [0.717, 1.165) is 24.3 Å². The van der Waals surface area contributed by atoms with Gasteiger partial charge in [-0.15, -0.1) is 0 Å².